The highest BCUT2D eigenvalue weighted by molar-refractivity contribution is 5.80. The Bertz CT molecular complexity index is 1200. The lowest BCUT2D eigenvalue weighted by Gasteiger charge is -2.61. The summed E-state index contributed by atoms with van der Waals surface area (Å²) in [6.07, 6.45) is -2.44. The molecule has 4 aliphatic carbocycles. The Kier molecular flexibility index (Phi) is 8.78. The van der Waals surface area contributed by atoms with Crippen LogP contribution >= 0.6 is 0 Å². The van der Waals surface area contributed by atoms with Gasteiger partial charge in [0.05, 0.1) is 36.6 Å². The smallest absolute Gasteiger partial charge is 0.187 e. The molecule has 47 heavy (non-hydrogen) atoms. The van der Waals surface area contributed by atoms with Gasteiger partial charge in [-0.15, -0.1) is 0 Å². The van der Waals surface area contributed by atoms with Crippen LogP contribution in [0.25, 0.3) is 0 Å². The molecule has 0 bridgehead atoms. The first kappa shape index (κ1) is 34.7. The van der Waals surface area contributed by atoms with Gasteiger partial charge in [-0.25, -0.2) is 0 Å². The molecular formula is C35H56O12. The fraction of sp³-hybridized carbons (Fsp3) is 0.971. The van der Waals surface area contributed by atoms with Gasteiger partial charge < -0.3 is 53.6 Å². The highest BCUT2D eigenvalue weighted by atomic mass is 16.7. The predicted octanol–water partition coefficient (Wildman–Crippen LogP) is 1.85. The normalized spacial score (nSPS) is 58.6. The van der Waals surface area contributed by atoms with Crippen molar-refractivity contribution in [1.29, 1.82) is 0 Å². The number of carbonyl (C=O) groups excluding carboxylic acids is 1. The van der Waals surface area contributed by atoms with Crippen LogP contribution in [0.15, 0.2) is 0 Å². The van der Waals surface area contributed by atoms with Gasteiger partial charge in [-0.3, -0.25) is 4.79 Å². The number of hydrogen-bond donors (Lipinski definition) is 4. The van der Waals surface area contributed by atoms with E-state index in [0.717, 1.165) is 38.5 Å². The van der Waals surface area contributed by atoms with E-state index < -0.39 is 78.0 Å². The van der Waals surface area contributed by atoms with E-state index in [1.54, 1.807) is 21.0 Å². The lowest BCUT2D eigenvalue weighted by molar-refractivity contribution is -0.343. The van der Waals surface area contributed by atoms with Gasteiger partial charge in [0.25, 0.3) is 0 Å². The van der Waals surface area contributed by atoms with Crippen LogP contribution < -0.4 is 0 Å². The van der Waals surface area contributed by atoms with Crippen molar-refractivity contribution in [2.45, 2.75) is 171 Å². The standard InChI is InChI=1S/C35H56O12/c1-16(36)21-10-13-35-33(21,5)30(40)26(39)29-32(4)11-9-20(14-19(32)8-12-34(29,35)47-35)45-23-15-22(41-6)27(18(3)43-23)46-31-25(38)28(42-7)24(37)17(2)44-31/h17-31,37-40H,8-15H2,1-7H3/t17-,18-,19+,20+,21+,22-,23+,24-,25-,26+,27-,28-,29-,30-,31+,32+,33+,34+,35-/m1/s1. The zero-order chi connectivity index (χ0) is 33.8. The van der Waals surface area contributed by atoms with Crippen molar-refractivity contribution in [1.82, 2.24) is 0 Å². The van der Waals surface area contributed by atoms with Crippen molar-refractivity contribution in [3.8, 4) is 0 Å². The Morgan fingerprint density at radius 1 is 0.809 bits per heavy atom. The van der Waals surface area contributed by atoms with E-state index in [9.17, 15) is 25.2 Å². The van der Waals surface area contributed by atoms with Gasteiger partial charge in [-0.05, 0) is 77.0 Å². The van der Waals surface area contributed by atoms with Crippen molar-refractivity contribution >= 4 is 5.78 Å². The molecule has 7 rings (SSSR count). The van der Waals surface area contributed by atoms with E-state index in [1.807, 2.05) is 13.8 Å². The van der Waals surface area contributed by atoms with Gasteiger partial charge >= 0.3 is 0 Å². The van der Waals surface area contributed by atoms with Crippen molar-refractivity contribution < 1.29 is 58.4 Å². The SMILES string of the molecule is CO[C@H]1[C@@H](O)[C@H](O[C@@H]2[C@@H](C)O[C@@H](O[C@H]3CC[C@@]4(C)[C@@H](CC[C@@]56O[C@@]57CC[C@@H](C(C)=O)[C@@]7(C)[C@H](O)[C@@H](O)[C@H]46)C3)C[C@H]2OC)O[C@H](C)[C@H]1O. The average Bonchev–Trinajstić information content (AvgIpc) is 3.57. The summed E-state index contributed by atoms with van der Waals surface area (Å²) in [5.41, 5.74) is -2.07. The highest BCUT2D eigenvalue weighted by Crippen LogP contribution is 2.81. The minimum atomic E-state index is -1.19. The number of ether oxygens (including phenoxy) is 7. The molecule has 3 heterocycles. The Hall–Kier alpha value is -0.770. The second-order valence-electron chi connectivity index (χ2n) is 16.3. The summed E-state index contributed by atoms with van der Waals surface area (Å²) in [6.45, 7) is 9.45. The topological polar surface area (TPSA) is 166 Å². The molecule has 7 aliphatic rings. The second kappa shape index (κ2) is 11.9. The number of aliphatic hydroxyl groups excluding tert-OH is 4. The molecular weight excluding hydrogens is 612 g/mol. The molecule has 0 unspecified atom stereocenters. The Labute approximate surface area is 277 Å². The molecule has 4 N–H and O–H groups in total. The molecule has 0 aromatic heterocycles. The van der Waals surface area contributed by atoms with E-state index in [2.05, 4.69) is 6.92 Å². The minimum Gasteiger partial charge on any atom is -0.390 e. The molecule has 0 radical (unpaired) electrons. The fourth-order valence-electron chi connectivity index (χ4n) is 11.9. The highest BCUT2D eigenvalue weighted by Gasteiger charge is 2.90. The third kappa shape index (κ3) is 4.76. The zero-order valence-corrected chi connectivity index (χ0v) is 28.9. The summed E-state index contributed by atoms with van der Waals surface area (Å²) < 4.78 is 43.0. The molecule has 0 aromatic rings. The van der Waals surface area contributed by atoms with Crippen LogP contribution in [0.1, 0.15) is 86.0 Å². The van der Waals surface area contributed by atoms with Crippen molar-refractivity contribution in [2.75, 3.05) is 14.2 Å². The Balaban J connectivity index is 1.01. The number of fused-ring (bicyclic) bond motifs is 2. The average molecular weight is 669 g/mol. The van der Waals surface area contributed by atoms with E-state index in [-0.39, 0.29) is 41.2 Å². The first-order chi connectivity index (χ1) is 22.2. The molecule has 0 aromatic carbocycles. The van der Waals surface area contributed by atoms with Crippen LogP contribution in [0.3, 0.4) is 0 Å². The van der Waals surface area contributed by atoms with E-state index >= 15 is 0 Å². The van der Waals surface area contributed by atoms with Gasteiger partial charge in [0.15, 0.2) is 12.6 Å². The monoisotopic (exact) mass is 668 g/mol. The Morgan fingerprint density at radius 3 is 2.23 bits per heavy atom. The zero-order valence-electron chi connectivity index (χ0n) is 28.9. The first-order valence-electron chi connectivity index (χ1n) is 17.8. The second-order valence-corrected chi connectivity index (χ2v) is 16.3. The summed E-state index contributed by atoms with van der Waals surface area (Å²) in [5.74, 6) is -0.163. The molecule has 7 fully saturated rings. The minimum absolute atomic E-state index is 0.0406. The number of hydrogen-bond acceptors (Lipinski definition) is 12. The predicted molar refractivity (Wildman–Crippen MR) is 165 cm³/mol. The van der Waals surface area contributed by atoms with E-state index in [4.69, 9.17) is 33.2 Å². The number of aliphatic hydroxyl groups is 4. The molecule has 0 amide bonds. The fourth-order valence-corrected chi connectivity index (χ4v) is 11.9. The lowest BCUT2D eigenvalue weighted by atomic mass is 9.43. The molecule has 12 heteroatoms. The van der Waals surface area contributed by atoms with Gasteiger partial charge in [0.1, 0.15) is 41.4 Å². The number of rotatable bonds is 7. The summed E-state index contributed by atoms with van der Waals surface area (Å²) in [5, 5.41) is 44.7. The van der Waals surface area contributed by atoms with Crippen LogP contribution in [0, 0.1) is 28.6 Å². The van der Waals surface area contributed by atoms with Crippen molar-refractivity contribution in [3.63, 3.8) is 0 Å². The molecule has 12 nitrogen and oxygen atoms in total. The van der Waals surface area contributed by atoms with Crippen molar-refractivity contribution in [3.05, 3.63) is 0 Å². The summed E-state index contributed by atoms with van der Waals surface area (Å²) in [6, 6.07) is 0. The quantitative estimate of drug-likeness (QED) is 0.230. The number of carbonyl (C=O) groups is 1. The molecule has 268 valence electrons. The molecule has 3 saturated heterocycles. The molecule has 2 spiro atoms. The third-order valence-electron chi connectivity index (χ3n) is 14.3. The van der Waals surface area contributed by atoms with Crippen LogP contribution in [0.5, 0.6) is 0 Å². The third-order valence-corrected chi connectivity index (χ3v) is 14.3. The van der Waals surface area contributed by atoms with E-state index in [1.165, 1.54) is 7.11 Å². The van der Waals surface area contributed by atoms with Crippen molar-refractivity contribution in [2.24, 2.45) is 28.6 Å². The number of methoxy groups -OCH3 is 2. The van der Waals surface area contributed by atoms with Gasteiger partial charge in [0, 0.05) is 37.9 Å². The summed E-state index contributed by atoms with van der Waals surface area (Å²) in [4.78, 5) is 12.7. The van der Waals surface area contributed by atoms with Gasteiger partial charge in [-0.2, -0.15) is 0 Å². The number of ketones is 1. The van der Waals surface area contributed by atoms with Crippen LogP contribution in [-0.4, -0.2) is 125 Å². The van der Waals surface area contributed by atoms with Gasteiger partial charge in [0.2, 0.25) is 0 Å². The maximum atomic E-state index is 12.7. The lowest BCUT2D eigenvalue weighted by Crippen LogP contribution is -2.69. The van der Waals surface area contributed by atoms with Crippen LogP contribution in [0.2, 0.25) is 0 Å². The largest absolute Gasteiger partial charge is 0.390 e. The summed E-state index contributed by atoms with van der Waals surface area (Å²) in [7, 11) is 3.05. The Morgan fingerprint density at radius 2 is 1.55 bits per heavy atom. The molecule has 3 aliphatic heterocycles. The number of Topliss-reactive ketones (excluding diaryl/α,β-unsaturated/α-hetero) is 1. The molecule has 19 atom stereocenters. The first-order valence-corrected chi connectivity index (χ1v) is 17.8. The van der Waals surface area contributed by atoms with Gasteiger partial charge in [-0.1, -0.05) is 13.8 Å². The molecule has 4 saturated carbocycles. The van der Waals surface area contributed by atoms with Crippen LogP contribution in [0.4, 0.5) is 0 Å². The van der Waals surface area contributed by atoms with E-state index in [0.29, 0.717) is 12.8 Å². The maximum Gasteiger partial charge on any atom is 0.187 e. The van der Waals surface area contributed by atoms with Crippen LogP contribution in [-0.2, 0) is 38.0 Å². The summed E-state index contributed by atoms with van der Waals surface area (Å²) >= 11 is 0. The maximum absolute atomic E-state index is 12.7. The number of epoxide rings is 1.